The number of carbonyl (C=O) groups is 2. The Morgan fingerprint density at radius 2 is 1.62 bits per heavy atom. The first kappa shape index (κ1) is 19.6. The van der Waals surface area contributed by atoms with Crippen molar-refractivity contribution in [2.45, 2.75) is 26.4 Å². The molecule has 7 nitrogen and oxygen atoms in total. The van der Waals surface area contributed by atoms with Crippen LogP contribution < -0.4 is 10.1 Å². The van der Waals surface area contributed by atoms with Crippen LogP contribution in [0.4, 0.5) is 9.59 Å². The number of urea groups is 1. The average Bonchev–Trinajstić information content (AvgIpc) is 2.61. The third-order valence-corrected chi connectivity index (χ3v) is 3.82. The molecule has 1 aromatic carbocycles. The number of hydrogen-bond donors (Lipinski definition) is 1. The molecule has 1 saturated heterocycles. The highest BCUT2D eigenvalue weighted by molar-refractivity contribution is 5.76. The first-order valence-corrected chi connectivity index (χ1v) is 8.62. The minimum atomic E-state index is -0.516. The Morgan fingerprint density at radius 3 is 2.15 bits per heavy atom. The van der Waals surface area contributed by atoms with Gasteiger partial charge in [-0.05, 0) is 44.5 Å². The van der Waals surface area contributed by atoms with Gasteiger partial charge in [0.15, 0.2) is 0 Å². The summed E-state index contributed by atoms with van der Waals surface area (Å²) in [5.41, 5.74) is 0.443. The highest BCUT2D eigenvalue weighted by atomic mass is 16.6. The molecule has 1 N–H and O–H groups in total. The van der Waals surface area contributed by atoms with Crippen LogP contribution in [0.15, 0.2) is 30.5 Å². The molecule has 2 rings (SSSR count). The summed E-state index contributed by atoms with van der Waals surface area (Å²) in [4.78, 5) is 27.5. The molecule has 1 aliphatic heterocycles. The average molecular weight is 361 g/mol. The standard InChI is InChI=1S/C19H27N3O4/c1-19(2,3)26-18(24)22-13-11-21(12-14-22)17(23)20-10-9-15-5-7-16(25-4)8-6-15/h5-10H,11-14H2,1-4H3,(H,20,23)/b10-9+. The van der Waals surface area contributed by atoms with Crippen molar-refractivity contribution in [1.29, 1.82) is 0 Å². The Hall–Kier alpha value is -2.70. The van der Waals surface area contributed by atoms with Crippen LogP contribution in [0.25, 0.3) is 6.08 Å². The summed E-state index contributed by atoms with van der Waals surface area (Å²) in [6, 6.07) is 7.34. The van der Waals surface area contributed by atoms with Gasteiger partial charge in [-0.3, -0.25) is 0 Å². The van der Waals surface area contributed by atoms with E-state index in [2.05, 4.69) is 5.32 Å². The normalized spacial score (nSPS) is 15.1. The summed E-state index contributed by atoms with van der Waals surface area (Å²) in [6.07, 6.45) is 3.09. The van der Waals surface area contributed by atoms with Crippen LogP contribution in [0.3, 0.4) is 0 Å². The topological polar surface area (TPSA) is 71.1 Å². The number of amides is 3. The molecule has 26 heavy (non-hydrogen) atoms. The largest absolute Gasteiger partial charge is 0.497 e. The molecule has 1 heterocycles. The highest BCUT2D eigenvalue weighted by Crippen LogP contribution is 2.13. The van der Waals surface area contributed by atoms with Gasteiger partial charge >= 0.3 is 12.1 Å². The summed E-state index contributed by atoms with van der Waals surface area (Å²) in [7, 11) is 1.62. The van der Waals surface area contributed by atoms with Gasteiger partial charge in [-0.25, -0.2) is 9.59 Å². The van der Waals surface area contributed by atoms with E-state index in [1.807, 2.05) is 51.1 Å². The van der Waals surface area contributed by atoms with E-state index < -0.39 is 5.60 Å². The predicted molar refractivity (Wildman–Crippen MR) is 99.9 cm³/mol. The maximum Gasteiger partial charge on any atom is 0.410 e. The number of methoxy groups -OCH3 is 1. The van der Waals surface area contributed by atoms with Gasteiger partial charge in [-0.2, -0.15) is 0 Å². The van der Waals surface area contributed by atoms with Crippen LogP contribution in [0.5, 0.6) is 5.75 Å². The van der Waals surface area contributed by atoms with E-state index >= 15 is 0 Å². The minimum absolute atomic E-state index is 0.182. The monoisotopic (exact) mass is 361 g/mol. The lowest BCUT2D eigenvalue weighted by Crippen LogP contribution is -2.53. The molecular formula is C19H27N3O4. The molecule has 1 fully saturated rings. The van der Waals surface area contributed by atoms with Crippen molar-refractivity contribution in [2.24, 2.45) is 0 Å². The van der Waals surface area contributed by atoms with Gasteiger partial charge in [0.1, 0.15) is 11.4 Å². The molecule has 3 amide bonds. The number of nitrogens with one attached hydrogen (secondary N) is 1. The fraction of sp³-hybridized carbons (Fsp3) is 0.474. The summed E-state index contributed by atoms with van der Waals surface area (Å²) in [5, 5.41) is 2.75. The first-order valence-electron chi connectivity index (χ1n) is 8.62. The smallest absolute Gasteiger partial charge is 0.410 e. The van der Waals surface area contributed by atoms with Gasteiger partial charge in [-0.15, -0.1) is 0 Å². The van der Waals surface area contributed by atoms with Crippen molar-refractivity contribution in [3.8, 4) is 5.75 Å². The number of carbonyl (C=O) groups excluding carboxylic acids is 2. The maximum absolute atomic E-state index is 12.2. The SMILES string of the molecule is COc1ccc(/C=C/NC(=O)N2CCN(C(=O)OC(C)(C)C)CC2)cc1. The van der Waals surface area contributed by atoms with Crippen LogP contribution in [0.2, 0.25) is 0 Å². The number of rotatable bonds is 3. The summed E-state index contributed by atoms with van der Waals surface area (Å²) >= 11 is 0. The minimum Gasteiger partial charge on any atom is -0.497 e. The van der Waals surface area contributed by atoms with E-state index in [4.69, 9.17) is 9.47 Å². The second kappa shape index (κ2) is 8.60. The summed E-state index contributed by atoms with van der Waals surface area (Å²) < 4.78 is 10.5. The summed E-state index contributed by atoms with van der Waals surface area (Å²) in [5.74, 6) is 0.786. The number of hydrogen-bond acceptors (Lipinski definition) is 4. The van der Waals surface area contributed by atoms with Crippen molar-refractivity contribution in [1.82, 2.24) is 15.1 Å². The van der Waals surface area contributed by atoms with Gasteiger partial charge in [0.2, 0.25) is 0 Å². The van der Waals surface area contributed by atoms with Crippen LogP contribution in [0, 0.1) is 0 Å². The Morgan fingerprint density at radius 1 is 1.04 bits per heavy atom. The maximum atomic E-state index is 12.2. The zero-order valence-corrected chi connectivity index (χ0v) is 15.8. The molecule has 0 bridgehead atoms. The molecule has 0 spiro atoms. The number of ether oxygens (including phenoxy) is 2. The second-order valence-electron chi connectivity index (χ2n) is 7.01. The van der Waals surface area contributed by atoms with Gasteiger partial charge in [0, 0.05) is 32.4 Å². The van der Waals surface area contributed by atoms with E-state index in [9.17, 15) is 9.59 Å². The van der Waals surface area contributed by atoms with Gasteiger partial charge in [0.25, 0.3) is 0 Å². The molecule has 0 atom stereocenters. The van der Waals surface area contributed by atoms with Crippen LogP contribution >= 0.6 is 0 Å². The lowest BCUT2D eigenvalue weighted by atomic mass is 10.2. The Bertz CT molecular complexity index is 642. The van der Waals surface area contributed by atoms with Crippen molar-refractivity contribution in [2.75, 3.05) is 33.3 Å². The zero-order chi connectivity index (χ0) is 19.2. The van der Waals surface area contributed by atoms with Crippen molar-refractivity contribution in [3.63, 3.8) is 0 Å². The van der Waals surface area contributed by atoms with E-state index in [1.165, 1.54) is 0 Å². The molecule has 0 aliphatic carbocycles. The summed E-state index contributed by atoms with van der Waals surface area (Å²) in [6.45, 7) is 7.38. The van der Waals surface area contributed by atoms with Crippen LogP contribution in [-0.2, 0) is 4.74 Å². The fourth-order valence-corrected chi connectivity index (χ4v) is 2.43. The van der Waals surface area contributed by atoms with Crippen LogP contribution in [-0.4, -0.2) is 60.8 Å². The van der Waals surface area contributed by atoms with E-state index in [0.717, 1.165) is 11.3 Å². The molecular weight excluding hydrogens is 334 g/mol. The van der Waals surface area contributed by atoms with Crippen molar-refractivity contribution in [3.05, 3.63) is 36.0 Å². The Labute approximate surface area is 154 Å². The van der Waals surface area contributed by atoms with Gasteiger partial charge in [-0.1, -0.05) is 12.1 Å². The molecule has 0 unspecified atom stereocenters. The molecule has 0 radical (unpaired) electrons. The number of nitrogens with zero attached hydrogens (tertiary/aromatic N) is 2. The van der Waals surface area contributed by atoms with Gasteiger partial charge < -0.3 is 24.6 Å². The molecule has 1 aromatic rings. The van der Waals surface area contributed by atoms with Crippen molar-refractivity contribution >= 4 is 18.2 Å². The third-order valence-electron chi connectivity index (χ3n) is 3.82. The first-order chi connectivity index (χ1) is 12.3. The lowest BCUT2D eigenvalue weighted by molar-refractivity contribution is 0.0171. The molecule has 1 aliphatic rings. The second-order valence-corrected chi connectivity index (χ2v) is 7.01. The quantitative estimate of drug-likeness (QED) is 0.899. The van der Waals surface area contributed by atoms with Crippen LogP contribution in [0.1, 0.15) is 26.3 Å². The third kappa shape index (κ3) is 5.98. The highest BCUT2D eigenvalue weighted by Gasteiger charge is 2.27. The van der Waals surface area contributed by atoms with E-state index in [-0.39, 0.29) is 12.1 Å². The Kier molecular flexibility index (Phi) is 6.49. The number of piperazine rings is 1. The van der Waals surface area contributed by atoms with E-state index in [1.54, 1.807) is 23.1 Å². The zero-order valence-electron chi connectivity index (χ0n) is 15.8. The molecule has 7 heteroatoms. The Balaban J connectivity index is 1.77. The molecule has 142 valence electrons. The molecule has 0 saturated carbocycles. The number of benzene rings is 1. The lowest BCUT2D eigenvalue weighted by Gasteiger charge is -2.35. The van der Waals surface area contributed by atoms with Gasteiger partial charge in [0.05, 0.1) is 7.11 Å². The fourth-order valence-electron chi connectivity index (χ4n) is 2.43. The predicted octanol–water partition coefficient (Wildman–Crippen LogP) is 2.93. The van der Waals surface area contributed by atoms with Crippen molar-refractivity contribution < 1.29 is 19.1 Å². The van der Waals surface area contributed by atoms with E-state index in [0.29, 0.717) is 26.2 Å². The molecule has 0 aromatic heterocycles.